The minimum atomic E-state index is 0.0466. The fourth-order valence-corrected chi connectivity index (χ4v) is 1.89. The van der Waals surface area contributed by atoms with Crippen molar-refractivity contribution in [2.24, 2.45) is 11.7 Å². The highest BCUT2D eigenvalue weighted by Gasteiger charge is 2.07. The van der Waals surface area contributed by atoms with Gasteiger partial charge in [0.1, 0.15) is 12.4 Å². The standard InChI is InChI=1S/C17H23N3O/c1-3-20(14-15(2)13-19)11-12-21-17-8-6-16(7-9-17)5-4-10-18/h6-9,15H,3,10-12,14,18H2,1-2H3. The zero-order valence-electron chi connectivity index (χ0n) is 12.8. The van der Waals surface area contributed by atoms with Crippen molar-refractivity contribution >= 4 is 0 Å². The predicted octanol–water partition coefficient (Wildman–Crippen LogP) is 1.86. The first-order chi connectivity index (χ1) is 10.2. The molecule has 0 saturated carbocycles. The number of rotatable bonds is 7. The molecule has 1 aromatic carbocycles. The molecule has 0 heterocycles. The van der Waals surface area contributed by atoms with Gasteiger partial charge < -0.3 is 10.5 Å². The number of hydrogen-bond acceptors (Lipinski definition) is 4. The van der Waals surface area contributed by atoms with E-state index < -0.39 is 0 Å². The van der Waals surface area contributed by atoms with E-state index in [-0.39, 0.29) is 5.92 Å². The highest BCUT2D eigenvalue weighted by Crippen LogP contribution is 2.11. The van der Waals surface area contributed by atoms with Crippen LogP contribution in [0.4, 0.5) is 0 Å². The number of likely N-dealkylation sites (N-methyl/N-ethyl adjacent to an activating group) is 1. The first-order valence-electron chi connectivity index (χ1n) is 7.23. The molecule has 0 amide bonds. The minimum Gasteiger partial charge on any atom is -0.492 e. The molecule has 2 N–H and O–H groups in total. The van der Waals surface area contributed by atoms with Crippen molar-refractivity contribution in [3.05, 3.63) is 29.8 Å². The third-order valence-electron chi connectivity index (χ3n) is 3.07. The largest absolute Gasteiger partial charge is 0.492 e. The number of benzene rings is 1. The maximum atomic E-state index is 8.84. The molecule has 0 bridgehead atoms. The van der Waals surface area contributed by atoms with Crippen LogP contribution in [-0.4, -0.2) is 37.7 Å². The molecule has 1 aromatic rings. The first kappa shape index (κ1) is 17.0. The Kier molecular flexibility index (Phi) is 7.97. The van der Waals surface area contributed by atoms with Crippen molar-refractivity contribution in [3.63, 3.8) is 0 Å². The molecule has 21 heavy (non-hydrogen) atoms. The fourth-order valence-electron chi connectivity index (χ4n) is 1.89. The van der Waals surface area contributed by atoms with Gasteiger partial charge in [0.25, 0.3) is 0 Å². The molecular weight excluding hydrogens is 262 g/mol. The Morgan fingerprint density at radius 2 is 2.05 bits per heavy atom. The van der Waals surface area contributed by atoms with E-state index >= 15 is 0 Å². The van der Waals surface area contributed by atoms with Gasteiger partial charge in [-0.2, -0.15) is 5.26 Å². The number of nitrogens with two attached hydrogens (primary N) is 1. The molecule has 4 heteroatoms. The van der Waals surface area contributed by atoms with Crippen molar-refractivity contribution in [2.45, 2.75) is 13.8 Å². The van der Waals surface area contributed by atoms with Gasteiger partial charge in [-0.3, -0.25) is 4.90 Å². The van der Waals surface area contributed by atoms with E-state index in [0.717, 1.165) is 30.9 Å². The molecule has 1 rings (SSSR count). The van der Waals surface area contributed by atoms with Gasteiger partial charge >= 0.3 is 0 Å². The molecule has 0 aliphatic carbocycles. The van der Waals surface area contributed by atoms with E-state index in [9.17, 15) is 0 Å². The number of hydrogen-bond donors (Lipinski definition) is 1. The number of nitrogens with zero attached hydrogens (tertiary/aromatic N) is 2. The Morgan fingerprint density at radius 1 is 1.33 bits per heavy atom. The van der Waals surface area contributed by atoms with Crippen molar-refractivity contribution < 1.29 is 4.74 Å². The highest BCUT2D eigenvalue weighted by atomic mass is 16.5. The normalized spacial score (nSPS) is 11.4. The summed E-state index contributed by atoms with van der Waals surface area (Å²) in [5, 5.41) is 8.84. The lowest BCUT2D eigenvalue weighted by atomic mass is 10.2. The minimum absolute atomic E-state index is 0.0466. The lowest BCUT2D eigenvalue weighted by Crippen LogP contribution is -2.32. The van der Waals surface area contributed by atoms with Gasteiger partial charge in [0, 0.05) is 18.7 Å². The maximum Gasteiger partial charge on any atom is 0.119 e. The Balaban J connectivity index is 2.39. The van der Waals surface area contributed by atoms with Crippen LogP contribution in [-0.2, 0) is 0 Å². The van der Waals surface area contributed by atoms with Gasteiger partial charge in [0.05, 0.1) is 18.5 Å². The third kappa shape index (κ3) is 6.81. The van der Waals surface area contributed by atoms with Crippen LogP contribution < -0.4 is 10.5 Å². The molecule has 0 fully saturated rings. The summed E-state index contributed by atoms with van der Waals surface area (Å²) in [6.45, 7) is 7.52. The molecule has 0 radical (unpaired) electrons. The van der Waals surface area contributed by atoms with E-state index in [1.54, 1.807) is 0 Å². The zero-order chi connectivity index (χ0) is 15.5. The monoisotopic (exact) mass is 285 g/mol. The van der Waals surface area contributed by atoms with Gasteiger partial charge in [-0.1, -0.05) is 18.8 Å². The van der Waals surface area contributed by atoms with Crippen LogP contribution in [0.3, 0.4) is 0 Å². The summed E-state index contributed by atoms with van der Waals surface area (Å²) in [6.07, 6.45) is 0. The fraction of sp³-hybridized carbons (Fsp3) is 0.471. The molecule has 0 aliphatic heterocycles. The lowest BCUT2D eigenvalue weighted by molar-refractivity contribution is 0.206. The van der Waals surface area contributed by atoms with Crippen LogP contribution in [0.15, 0.2) is 24.3 Å². The summed E-state index contributed by atoms with van der Waals surface area (Å²) in [5.41, 5.74) is 6.27. The topological polar surface area (TPSA) is 62.3 Å². The molecule has 1 unspecified atom stereocenters. The average Bonchev–Trinajstić information content (AvgIpc) is 2.52. The summed E-state index contributed by atoms with van der Waals surface area (Å²) in [7, 11) is 0. The van der Waals surface area contributed by atoms with E-state index in [2.05, 4.69) is 29.7 Å². The second-order valence-electron chi connectivity index (χ2n) is 4.80. The van der Waals surface area contributed by atoms with Crippen LogP contribution in [0.2, 0.25) is 0 Å². The number of ether oxygens (including phenoxy) is 1. The van der Waals surface area contributed by atoms with E-state index in [1.165, 1.54) is 0 Å². The Bertz CT molecular complexity index is 508. The number of nitriles is 1. The van der Waals surface area contributed by atoms with Gasteiger partial charge in [-0.15, -0.1) is 0 Å². The van der Waals surface area contributed by atoms with Crippen LogP contribution in [0.5, 0.6) is 5.75 Å². The lowest BCUT2D eigenvalue weighted by Gasteiger charge is -2.21. The quantitative estimate of drug-likeness (QED) is 0.777. The van der Waals surface area contributed by atoms with E-state index in [4.69, 9.17) is 15.7 Å². The van der Waals surface area contributed by atoms with Crippen molar-refractivity contribution in [3.8, 4) is 23.7 Å². The molecule has 0 aliphatic rings. The highest BCUT2D eigenvalue weighted by molar-refractivity contribution is 5.38. The van der Waals surface area contributed by atoms with Crippen molar-refractivity contribution in [1.29, 1.82) is 5.26 Å². The zero-order valence-corrected chi connectivity index (χ0v) is 12.8. The average molecular weight is 285 g/mol. The van der Waals surface area contributed by atoms with Crippen molar-refractivity contribution in [2.75, 3.05) is 32.8 Å². The molecule has 112 valence electrons. The molecule has 0 spiro atoms. The van der Waals surface area contributed by atoms with E-state index in [0.29, 0.717) is 13.2 Å². The summed E-state index contributed by atoms with van der Waals surface area (Å²) in [6, 6.07) is 9.93. The second kappa shape index (κ2) is 9.83. The Labute approximate surface area is 127 Å². The Morgan fingerprint density at radius 3 is 2.62 bits per heavy atom. The molecule has 1 atom stereocenters. The predicted molar refractivity (Wildman–Crippen MR) is 84.8 cm³/mol. The van der Waals surface area contributed by atoms with Gasteiger partial charge in [-0.05, 0) is 37.7 Å². The molecule has 4 nitrogen and oxygen atoms in total. The van der Waals surface area contributed by atoms with Gasteiger partial charge in [0.2, 0.25) is 0 Å². The summed E-state index contributed by atoms with van der Waals surface area (Å²) < 4.78 is 5.72. The van der Waals surface area contributed by atoms with Crippen molar-refractivity contribution in [1.82, 2.24) is 4.90 Å². The summed E-state index contributed by atoms with van der Waals surface area (Å²) in [5.74, 6) is 6.67. The van der Waals surface area contributed by atoms with Crippen LogP contribution in [0.1, 0.15) is 19.4 Å². The van der Waals surface area contributed by atoms with Crippen LogP contribution in [0, 0.1) is 29.1 Å². The van der Waals surface area contributed by atoms with Crippen LogP contribution in [0.25, 0.3) is 0 Å². The third-order valence-corrected chi connectivity index (χ3v) is 3.07. The summed E-state index contributed by atoms with van der Waals surface area (Å²) >= 11 is 0. The second-order valence-corrected chi connectivity index (χ2v) is 4.80. The van der Waals surface area contributed by atoms with Crippen LogP contribution >= 0.6 is 0 Å². The van der Waals surface area contributed by atoms with Gasteiger partial charge in [0.15, 0.2) is 0 Å². The first-order valence-corrected chi connectivity index (χ1v) is 7.23. The SMILES string of the molecule is CCN(CCOc1ccc(C#CCN)cc1)CC(C)C#N. The summed E-state index contributed by atoms with van der Waals surface area (Å²) in [4.78, 5) is 2.22. The molecule has 0 saturated heterocycles. The molecule has 0 aromatic heterocycles. The smallest absolute Gasteiger partial charge is 0.119 e. The van der Waals surface area contributed by atoms with E-state index in [1.807, 2.05) is 31.2 Å². The maximum absolute atomic E-state index is 8.84. The van der Waals surface area contributed by atoms with Gasteiger partial charge in [-0.25, -0.2) is 0 Å². The molecular formula is C17H23N3O. The Hall–Kier alpha value is -2.01.